The summed E-state index contributed by atoms with van der Waals surface area (Å²) in [6.07, 6.45) is 0. The van der Waals surface area contributed by atoms with Crippen LogP contribution in [0.5, 0.6) is 0 Å². The van der Waals surface area contributed by atoms with Gasteiger partial charge in [-0.15, -0.1) is 87.8 Å². The van der Waals surface area contributed by atoms with E-state index in [1.54, 1.807) is 0 Å². The Morgan fingerprint density at radius 1 is 0.600 bits per heavy atom. The molecule has 0 heterocycles. The molecule has 0 aliphatic heterocycles. The van der Waals surface area contributed by atoms with Crippen LogP contribution in [0.15, 0.2) is 97.1 Å². The molecule has 0 saturated heterocycles. The predicted molar refractivity (Wildman–Crippen MR) is 229 cm³/mol. The van der Waals surface area contributed by atoms with E-state index < -0.39 is 0 Å². The Kier molecular flexibility index (Phi) is 18.7. The molecule has 4 heteroatoms. The van der Waals surface area contributed by atoms with E-state index in [0.29, 0.717) is 5.92 Å². The normalized spacial score (nSPS) is 10.8. The van der Waals surface area contributed by atoms with E-state index in [0.717, 1.165) is 0 Å². The Labute approximate surface area is 334 Å². The molecule has 0 nitrogen and oxygen atoms in total. The zero-order valence-electron chi connectivity index (χ0n) is 32.6. The molecule has 0 atom stereocenters. The quantitative estimate of drug-likeness (QED) is 0.124. The molecule has 2 radical (unpaired) electrons. The number of hydrogen-bond donors (Lipinski definition) is 0. The molecule has 0 unspecified atom stereocenters. The van der Waals surface area contributed by atoms with Crippen molar-refractivity contribution < 1.29 is 23.3 Å². The molecule has 0 bridgehead atoms. The van der Waals surface area contributed by atoms with E-state index in [-0.39, 0.29) is 50.5 Å². The van der Waals surface area contributed by atoms with Gasteiger partial charge in [-0.2, -0.15) is 12.1 Å². The Balaban J connectivity index is 0.000000850. The summed E-state index contributed by atoms with van der Waals surface area (Å²) in [5.41, 5.74) is 14.1. The first-order valence-corrected chi connectivity index (χ1v) is 20.7. The Morgan fingerprint density at radius 2 is 1.10 bits per heavy atom. The van der Waals surface area contributed by atoms with Crippen LogP contribution in [0.4, 0.5) is 0 Å². The molecule has 6 rings (SSSR count). The minimum absolute atomic E-state index is 0. The monoisotopic (exact) mass is 798 g/mol. The first-order chi connectivity index (χ1) is 21.6. The molecule has 0 amide bonds. The molecular formula is C46H58Cl2SiZr-4. The second-order valence-electron chi connectivity index (χ2n) is 15.1. The van der Waals surface area contributed by atoms with Gasteiger partial charge in [0.05, 0.1) is 0 Å². The summed E-state index contributed by atoms with van der Waals surface area (Å²) >= 11 is 1.36. The molecular weight excluding hydrogens is 743 g/mol. The average molecular weight is 801 g/mol. The van der Waals surface area contributed by atoms with Crippen LogP contribution in [0.3, 0.4) is 0 Å². The van der Waals surface area contributed by atoms with E-state index in [1.807, 2.05) is 0 Å². The molecule has 0 N–H and O–H groups in total. The Morgan fingerprint density at radius 3 is 1.58 bits per heavy atom. The van der Waals surface area contributed by atoms with Crippen molar-refractivity contribution in [1.82, 2.24) is 0 Å². The van der Waals surface area contributed by atoms with Gasteiger partial charge in [0.25, 0.3) is 0 Å². The van der Waals surface area contributed by atoms with Crippen LogP contribution in [-0.2, 0) is 34.2 Å². The average Bonchev–Trinajstić information content (AvgIpc) is 3.61. The molecule has 0 fully saturated rings. The van der Waals surface area contributed by atoms with Crippen molar-refractivity contribution >= 4 is 53.2 Å². The first kappa shape index (κ1) is 47.8. The van der Waals surface area contributed by atoms with E-state index in [2.05, 4.69) is 180 Å². The van der Waals surface area contributed by atoms with E-state index in [4.69, 9.17) is 0 Å². The van der Waals surface area contributed by atoms with E-state index in [9.17, 15) is 0 Å². The number of hydrogen-bond acceptors (Lipinski definition) is 0. The van der Waals surface area contributed by atoms with Crippen molar-refractivity contribution in [2.75, 3.05) is 0 Å². The standard InChI is InChI=1S/2C22H25.2CH3.2ClH.Si.Zr/c1-14-11-18-13-15(2)16(3)21(20(18)12-14)17-7-9-19(10-8-17)22(4,5)6;1-15(2)18-13-17-7-6-8-20(21(17)14-18)16-9-11-19(12-10-16)22(3,4)5;;;;;;/h7-13H,1-6H3;6-15H,1-5H3;2*1H3;2*1H;;/q4*-1;;;;. The van der Waals surface area contributed by atoms with Gasteiger partial charge in [-0.25, -0.2) is 0 Å². The summed E-state index contributed by atoms with van der Waals surface area (Å²) < 4.78 is 0. The third-order valence-corrected chi connectivity index (χ3v) is 9.22. The van der Waals surface area contributed by atoms with Gasteiger partial charge in [0.2, 0.25) is 0 Å². The summed E-state index contributed by atoms with van der Waals surface area (Å²) in [5.74, 6) is 0.573. The number of aryl methyl sites for hydroxylation is 2. The summed E-state index contributed by atoms with van der Waals surface area (Å²) in [4.78, 5) is 0. The van der Waals surface area contributed by atoms with Crippen molar-refractivity contribution in [3.05, 3.63) is 145 Å². The molecule has 0 saturated carbocycles. The van der Waals surface area contributed by atoms with Crippen molar-refractivity contribution in [2.24, 2.45) is 0 Å². The van der Waals surface area contributed by atoms with Crippen LogP contribution >= 0.6 is 24.8 Å². The fourth-order valence-corrected chi connectivity index (χ4v) is 6.25. The van der Waals surface area contributed by atoms with Crippen LogP contribution in [0.25, 0.3) is 43.8 Å². The maximum absolute atomic E-state index is 3.06. The molecule has 268 valence electrons. The van der Waals surface area contributed by atoms with Gasteiger partial charge in [-0.1, -0.05) is 139 Å². The SMILES string of the molecule is CC(C)c1cc2c(-c3ccc(C(C)(C)C)cc3)cccc2[cH-]1.Cc1cc2c(-c3ccc(C(C)(C)C)cc3)c(C)c(C)cc2[cH-]1.Cl.Cl.[CH3-].[CH3-].[Si]=[Zr]. The molecule has 0 aliphatic rings. The molecule has 0 aromatic heterocycles. The topological polar surface area (TPSA) is 0 Å². The van der Waals surface area contributed by atoms with Crippen LogP contribution in [0, 0.1) is 35.6 Å². The Bertz CT molecular complexity index is 1930. The van der Waals surface area contributed by atoms with Gasteiger partial charge >= 0.3 is 30.2 Å². The number of fused-ring (bicyclic) bond motifs is 2. The van der Waals surface area contributed by atoms with Crippen LogP contribution in [-0.4, -0.2) is 6.88 Å². The fourth-order valence-electron chi connectivity index (χ4n) is 6.25. The summed E-state index contributed by atoms with van der Waals surface area (Å²) in [6, 6.07) is 36.4. The van der Waals surface area contributed by atoms with Crippen LogP contribution < -0.4 is 0 Å². The van der Waals surface area contributed by atoms with Crippen molar-refractivity contribution in [1.29, 1.82) is 0 Å². The number of rotatable bonds is 3. The van der Waals surface area contributed by atoms with E-state index in [1.165, 1.54) is 101 Å². The maximum atomic E-state index is 3.06. The predicted octanol–water partition coefficient (Wildman–Crippen LogP) is 14.5. The van der Waals surface area contributed by atoms with Gasteiger partial charge in [0.1, 0.15) is 0 Å². The van der Waals surface area contributed by atoms with Crippen molar-refractivity contribution in [3.63, 3.8) is 0 Å². The van der Waals surface area contributed by atoms with Gasteiger partial charge in [0.15, 0.2) is 0 Å². The Hall–Kier alpha value is -2.22. The minimum atomic E-state index is 0. The van der Waals surface area contributed by atoms with Gasteiger partial charge in [-0.05, 0) is 52.8 Å². The van der Waals surface area contributed by atoms with Crippen LogP contribution in [0.1, 0.15) is 94.7 Å². The van der Waals surface area contributed by atoms with Gasteiger partial charge in [0, 0.05) is 0 Å². The van der Waals surface area contributed by atoms with Gasteiger partial charge in [-0.3, -0.25) is 0 Å². The molecule has 0 aliphatic carbocycles. The molecule has 6 aromatic carbocycles. The van der Waals surface area contributed by atoms with Crippen molar-refractivity contribution in [2.45, 2.75) is 92.9 Å². The van der Waals surface area contributed by atoms with Gasteiger partial charge < -0.3 is 14.9 Å². The van der Waals surface area contributed by atoms with E-state index >= 15 is 0 Å². The molecule has 0 spiro atoms. The number of halogens is 2. The second-order valence-corrected chi connectivity index (χ2v) is 15.1. The zero-order valence-corrected chi connectivity index (χ0v) is 37.7. The number of benzene rings is 4. The third kappa shape index (κ3) is 10.9. The summed E-state index contributed by atoms with van der Waals surface area (Å²) in [5, 5.41) is 5.45. The second kappa shape index (κ2) is 19.6. The van der Waals surface area contributed by atoms with Crippen molar-refractivity contribution in [3.8, 4) is 22.3 Å². The fraction of sp³-hybridized carbons (Fsp3) is 0.304. The van der Waals surface area contributed by atoms with Crippen LogP contribution in [0.2, 0.25) is 0 Å². The zero-order chi connectivity index (χ0) is 34.0. The molecule has 50 heavy (non-hydrogen) atoms. The summed E-state index contributed by atoms with van der Waals surface area (Å²) in [7, 11) is 0. The summed E-state index contributed by atoms with van der Waals surface area (Å²) in [6.45, 7) is 27.8. The third-order valence-electron chi connectivity index (χ3n) is 9.22. The first-order valence-electron chi connectivity index (χ1n) is 16.5. The molecule has 6 aromatic rings.